The predicted molar refractivity (Wildman–Crippen MR) is 144 cm³/mol. The number of hydrogen-bond donors (Lipinski definition) is 4. The first-order chi connectivity index (χ1) is 17.2. The van der Waals surface area contributed by atoms with Gasteiger partial charge in [0.2, 0.25) is 0 Å². The normalized spacial score (nSPS) is 22.2. The quantitative estimate of drug-likeness (QED) is 0.400. The van der Waals surface area contributed by atoms with Gasteiger partial charge in [-0.05, 0) is 77.1 Å². The highest BCUT2D eigenvalue weighted by molar-refractivity contribution is 8.25. The fourth-order valence-corrected chi connectivity index (χ4v) is 6.91. The van der Waals surface area contributed by atoms with Crippen LogP contribution in [-0.2, 0) is 9.48 Å². The largest absolute Gasteiger partial charge is 0.377 e. The summed E-state index contributed by atoms with van der Waals surface area (Å²) in [5.74, 6) is 1.31. The Hall–Kier alpha value is -2.40. The molecule has 5 rings (SSSR count). The molecule has 0 bridgehead atoms. The number of carbonyl (C=O) groups is 1. The molecular formula is C26H37N5O4S. The van der Waals surface area contributed by atoms with Crippen LogP contribution in [-0.4, -0.2) is 62.2 Å². The smallest absolute Gasteiger partial charge is 0.319 e. The van der Waals surface area contributed by atoms with Crippen LogP contribution in [0.25, 0.3) is 11.4 Å². The van der Waals surface area contributed by atoms with Gasteiger partial charge in [0, 0.05) is 35.2 Å². The zero-order chi connectivity index (χ0) is 25.5. The van der Waals surface area contributed by atoms with Gasteiger partial charge in [-0.15, -0.1) is 0 Å². The maximum absolute atomic E-state index is 12.2. The Morgan fingerprint density at radius 1 is 1.19 bits per heavy atom. The van der Waals surface area contributed by atoms with Crippen molar-refractivity contribution in [1.82, 2.24) is 15.3 Å². The lowest BCUT2D eigenvalue weighted by molar-refractivity contribution is 0.0985. The van der Waals surface area contributed by atoms with E-state index in [1.54, 1.807) is 0 Å². The van der Waals surface area contributed by atoms with Crippen LogP contribution in [0.2, 0.25) is 0 Å². The topological polar surface area (TPSA) is 120 Å². The number of urea groups is 1. The van der Waals surface area contributed by atoms with Gasteiger partial charge in [0.15, 0.2) is 5.82 Å². The van der Waals surface area contributed by atoms with Gasteiger partial charge in [0.25, 0.3) is 0 Å². The Kier molecular flexibility index (Phi) is 6.88. The van der Waals surface area contributed by atoms with Gasteiger partial charge in [-0.3, -0.25) is 9.11 Å². The fraction of sp³-hybridized carbons (Fsp3) is 0.577. The second-order valence-electron chi connectivity index (χ2n) is 10.5. The Balaban J connectivity index is 1.46. The van der Waals surface area contributed by atoms with Crippen molar-refractivity contribution in [3.05, 3.63) is 36.0 Å². The number of morpholine rings is 1. The van der Waals surface area contributed by atoms with E-state index in [0.29, 0.717) is 49.8 Å². The molecule has 10 heteroatoms. The summed E-state index contributed by atoms with van der Waals surface area (Å²) < 4.78 is 27.2. The van der Waals surface area contributed by atoms with Crippen LogP contribution in [0, 0.1) is 0 Å². The van der Waals surface area contributed by atoms with E-state index in [-0.39, 0.29) is 23.4 Å². The third-order valence-corrected chi connectivity index (χ3v) is 10.7. The van der Waals surface area contributed by atoms with E-state index in [0.717, 1.165) is 30.6 Å². The number of nitrogens with one attached hydrogen (secondary N) is 2. The van der Waals surface area contributed by atoms with Crippen molar-refractivity contribution in [2.45, 2.75) is 75.0 Å². The standard InChI is InChI=1S/C26H37N5O4S/c1-17(2)36(33,34)26(11-12-26)22-15-23(31-13-14-35-16-18(31)3)30-24(29-22)19-7-9-21(10-8-19)28-25(32)27-20-5-4-6-20/h7-10,15,17-18,20,33-34H,4-6,11-14,16H2,1-3H3,(H2,27,28,32)/t18-/m0/s1. The summed E-state index contributed by atoms with van der Waals surface area (Å²) in [6.07, 6.45) is 4.62. The molecule has 0 spiro atoms. The van der Waals surface area contributed by atoms with Crippen LogP contribution in [0.3, 0.4) is 0 Å². The minimum Gasteiger partial charge on any atom is -0.377 e. The van der Waals surface area contributed by atoms with Gasteiger partial charge in [0.1, 0.15) is 10.6 Å². The number of aromatic nitrogens is 2. The molecule has 0 radical (unpaired) electrons. The second kappa shape index (κ2) is 9.81. The van der Waals surface area contributed by atoms with Crippen molar-refractivity contribution in [3.63, 3.8) is 0 Å². The molecule has 2 saturated carbocycles. The number of amides is 2. The monoisotopic (exact) mass is 515 g/mol. The summed E-state index contributed by atoms with van der Waals surface area (Å²) in [5, 5.41) is 5.61. The Morgan fingerprint density at radius 2 is 1.92 bits per heavy atom. The highest BCUT2D eigenvalue weighted by Crippen LogP contribution is 2.73. The number of benzene rings is 1. The van der Waals surface area contributed by atoms with Crippen LogP contribution in [0.15, 0.2) is 30.3 Å². The van der Waals surface area contributed by atoms with E-state index in [1.165, 1.54) is 0 Å². The molecule has 2 aromatic rings. The lowest BCUT2D eigenvalue weighted by Gasteiger charge is -2.44. The van der Waals surface area contributed by atoms with Crippen molar-refractivity contribution in [2.24, 2.45) is 0 Å². The third kappa shape index (κ3) is 4.79. The molecule has 1 atom stereocenters. The molecule has 3 fully saturated rings. The van der Waals surface area contributed by atoms with Gasteiger partial charge in [0.05, 0.1) is 24.9 Å². The average molecular weight is 516 g/mol. The van der Waals surface area contributed by atoms with Crippen molar-refractivity contribution >= 4 is 28.1 Å². The van der Waals surface area contributed by atoms with Crippen LogP contribution in [0.1, 0.15) is 58.6 Å². The number of rotatable bonds is 7. The molecule has 2 amide bonds. The van der Waals surface area contributed by atoms with Crippen LogP contribution in [0.5, 0.6) is 0 Å². The van der Waals surface area contributed by atoms with Crippen molar-refractivity contribution in [1.29, 1.82) is 0 Å². The summed E-state index contributed by atoms with van der Waals surface area (Å²) in [7, 11) is -2.89. The van der Waals surface area contributed by atoms with E-state index < -0.39 is 15.3 Å². The number of hydrogen-bond acceptors (Lipinski definition) is 7. The zero-order valence-electron chi connectivity index (χ0n) is 21.2. The van der Waals surface area contributed by atoms with Gasteiger partial charge in [-0.25, -0.2) is 14.8 Å². The van der Waals surface area contributed by atoms with Crippen LogP contribution < -0.4 is 15.5 Å². The Morgan fingerprint density at radius 3 is 2.50 bits per heavy atom. The highest BCUT2D eigenvalue weighted by Gasteiger charge is 2.57. The lowest BCUT2D eigenvalue weighted by atomic mass is 9.93. The Bertz CT molecular complexity index is 1100. The maximum atomic E-state index is 12.2. The molecule has 2 heterocycles. The molecule has 36 heavy (non-hydrogen) atoms. The van der Waals surface area contributed by atoms with E-state index in [9.17, 15) is 13.9 Å². The molecule has 4 N–H and O–H groups in total. The summed E-state index contributed by atoms with van der Waals surface area (Å²) in [6, 6.07) is 9.65. The summed E-state index contributed by atoms with van der Waals surface area (Å²) in [6.45, 7) is 7.76. The van der Waals surface area contributed by atoms with Crippen LogP contribution >= 0.6 is 10.6 Å². The minimum absolute atomic E-state index is 0.149. The molecular weight excluding hydrogens is 478 g/mol. The lowest BCUT2D eigenvalue weighted by Crippen LogP contribution is -2.44. The molecule has 1 aromatic heterocycles. The molecule has 3 aliphatic rings. The van der Waals surface area contributed by atoms with Crippen molar-refractivity contribution in [3.8, 4) is 11.4 Å². The predicted octanol–water partition coefficient (Wildman–Crippen LogP) is 5.19. The number of carbonyl (C=O) groups excluding carboxylic acids is 1. The molecule has 2 aliphatic carbocycles. The maximum Gasteiger partial charge on any atom is 0.319 e. The first-order valence-electron chi connectivity index (χ1n) is 12.9. The van der Waals surface area contributed by atoms with Crippen molar-refractivity contribution < 1.29 is 18.6 Å². The molecule has 196 valence electrons. The van der Waals surface area contributed by atoms with Gasteiger partial charge < -0.3 is 20.3 Å². The summed E-state index contributed by atoms with van der Waals surface area (Å²) in [5.41, 5.74) is 2.19. The molecule has 0 unspecified atom stereocenters. The van der Waals surface area contributed by atoms with E-state index in [4.69, 9.17) is 14.7 Å². The van der Waals surface area contributed by atoms with Crippen LogP contribution in [0.4, 0.5) is 16.3 Å². The van der Waals surface area contributed by atoms with E-state index in [2.05, 4.69) is 22.5 Å². The summed E-state index contributed by atoms with van der Waals surface area (Å²) in [4.78, 5) is 24.2. The molecule has 1 aromatic carbocycles. The number of anilines is 2. The number of nitrogens with zero attached hydrogens (tertiary/aromatic N) is 3. The first-order valence-corrected chi connectivity index (χ1v) is 14.5. The average Bonchev–Trinajstić information content (AvgIpc) is 3.65. The van der Waals surface area contributed by atoms with Crippen molar-refractivity contribution in [2.75, 3.05) is 30.0 Å². The molecule has 1 saturated heterocycles. The van der Waals surface area contributed by atoms with E-state index in [1.807, 2.05) is 44.2 Å². The van der Waals surface area contributed by atoms with Gasteiger partial charge in [-0.1, -0.05) is 0 Å². The third-order valence-electron chi connectivity index (χ3n) is 7.62. The SMILES string of the molecule is CC(C)S(O)(O)C1(c2cc(N3CCOC[C@@H]3C)nc(-c3ccc(NC(=O)NC4CCC4)cc3)n2)CC1. The first kappa shape index (κ1) is 25.3. The summed E-state index contributed by atoms with van der Waals surface area (Å²) >= 11 is 0. The zero-order valence-corrected chi connectivity index (χ0v) is 22.1. The van der Waals surface area contributed by atoms with Gasteiger partial charge >= 0.3 is 6.03 Å². The highest BCUT2D eigenvalue weighted by atomic mass is 32.3. The van der Waals surface area contributed by atoms with E-state index >= 15 is 0 Å². The van der Waals surface area contributed by atoms with Gasteiger partial charge in [-0.2, -0.15) is 10.6 Å². The minimum atomic E-state index is -2.89. The molecule has 9 nitrogen and oxygen atoms in total. The number of ether oxygens (including phenoxy) is 1. The Labute approximate surface area is 214 Å². The molecule has 1 aliphatic heterocycles. The second-order valence-corrected chi connectivity index (χ2v) is 13.4. The fourth-order valence-electron chi connectivity index (χ4n) is 4.89.